The molecule has 2 atom stereocenters. The van der Waals surface area contributed by atoms with E-state index < -0.39 is 29.0 Å². The molecule has 5 nitrogen and oxygen atoms in total. The highest BCUT2D eigenvalue weighted by atomic mass is 32.1. The summed E-state index contributed by atoms with van der Waals surface area (Å²) in [6, 6.07) is 5.33. The summed E-state index contributed by atoms with van der Waals surface area (Å²) in [5.74, 6) is -5.30. The van der Waals surface area contributed by atoms with Crippen LogP contribution in [0.1, 0.15) is 17.8 Å². The zero-order valence-corrected chi connectivity index (χ0v) is 15.1. The predicted molar refractivity (Wildman–Crippen MR) is 92.4 cm³/mol. The van der Waals surface area contributed by atoms with Crippen molar-refractivity contribution >= 4 is 28.8 Å². The van der Waals surface area contributed by atoms with Crippen molar-refractivity contribution in [3.63, 3.8) is 0 Å². The molecule has 0 fully saturated rings. The van der Waals surface area contributed by atoms with Crippen molar-refractivity contribution in [1.29, 1.82) is 0 Å². The van der Waals surface area contributed by atoms with Gasteiger partial charge in [-0.2, -0.15) is 0 Å². The molecule has 3 N–H and O–H groups in total. The van der Waals surface area contributed by atoms with Crippen molar-refractivity contribution in [2.45, 2.75) is 13.0 Å². The first-order valence-corrected chi connectivity index (χ1v) is 8.73. The smallest absolute Gasteiger partial charge is 0.279 e. The van der Waals surface area contributed by atoms with E-state index in [-0.39, 0.29) is 25.0 Å². The molecule has 0 aliphatic rings. The standard InChI is InChI=1S/C17H18F3N3O2S/c1-10(13-4-3-7-26-13)21-14(24)8-23(2)9-15(25)22-12-6-5-11(18)16(19)17(12)20/h3-7,10H,8-9H2,1-2H3,(H,21,24)(H,22,25)/p+1/t10-/m0/s1. The van der Waals surface area contributed by atoms with E-state index in [1.54, 1.807) is 7.05 Å². The van der Waals surface area contributed by atoms with E-state index in [9.17, 15) is 22.8 Å². The number of likely N-dealkylation sites (N-methyl/N-ethyl adjacent to an activating group) is 1. The fraction of sp³-hybridized carbons (Fsp3) is 0.294. The molecule has 0 aliphatic heterocycles. The summed E-state index contributed by atoms with van der Waals surface area (Å²) < 4.78 is 39.6. The Morgan fingerprint density at radius 2 is 1.81 bits per heavy atom. The quantitative estimate of drug-likeness (QED) is 0.632. The SMILES string of the molecule is C[C@H](NC(=O)C[NH+](C)CC(=O)Nc1ccc(F)c(F)c1F)c1cccs1. The van der Waals surface area contributed by atoms with Crippen LogP contribution in [0, 0.1) is 17.5 Å². The van der Waals surface area contributed by atoms with Crippen LogP contribution in [-0.2, 0) is 9.59 Å². The number of anilines is 1. The van der Waals surface area contributed by atoms with Gasteiger partial charge in [0.05, 0.1) is 18.8 Å². The molecule has 0 saturated heterocycles. The maximum atomic E-state index is 13.5. The van der Waals surface area contributed by atoms with Crippen molar-refractivity contribution in [1.82, 2.24) is 5.32 Å². The monoisotopic (exact) mass is 386 g/mol. The molecular weight excluding hydrogens is 367 g/mol. The Balaban J connectivity index is 1.83. The second-order valence-corrected chi connectivity index (χ2v) is 6.87. The van der Waals surface area contributed by atoms with Gasteiger partial charge in [-0.1, -0.05) is 6.07 Å². The number of quaternary nitrogens is 1. The van der Waals surface area contributed by atoms with E-state index in [1.165, 1.54) is 11.3 Å². The minimum Gasteiger partial charge on any atom is -0.344 e. The highest BCUT2D eigenvalue weighted by Crippen LogP contribution is 2.19. The average Bonchev–Trinajstić information content (AvgIpc) is 3.09. The van der Waals surface area contributed by atoms with Gasteiger partial charge in [0, 0.05) is 4.88 Å². The minimum atomic E-state index is -1.65. The van der Waals surface area contributed by atoms with E-state index in [2.05, 4.69) is 10.6 Å². The van der Waals surface area contributed by atoms with E-state index in [0.29, 0.717) is 4.90 Å². The van der Waals surface area contributed by atoms with Crippen LogP contribution in [0.15, 0.2) is 29.6 Å². The Morgan fingerprint density at radius 3 is 2.46 bits per heavy atom. The van der Waals surface area contributed by atoms with Gasteiger partial charge in [-0.25, -0.2) is 13.2 Å². The molecule has 9 heteroatoms. The Labute approximate surface area is 152 Å². The third-order valence-electron chi connectivity index (χ3n) is 3.58. The first-order valence-electron chi connectivity index (χ1n) is 7.85. The van der Waals surface area contributed by atoms with Crippen LogP contribution < -0.4 is 15.5 Å². The zero-order valence-electron chi connectivity index (χ0n) is 14.2. The van der Waals surface area contributed by atoms with Gasteiger partial charge in [0.1, 0.15) is 0 Å². The van der Waals surface area contributed by atoms with Crippen molar-refractivity contribution in [2.75, 3.05) is 25.5 Å². The molecule has 0 spiro atoms. The average molecular weight is 386 g/mol. The van der Waals surface area contributed by atoms with Crippen LogP contribution in [0.2, 0.25) is 0 Å². The highest BCUT2D eigenvalue weighted by Gasteiger charge is 2.19. The maximum absolute atomic E-state index is 13.5. The van der Waals surface area contributed by atoms with Gasteiger partial charge in [0.2, 0.25) is 0 Å². The Morgan fingerprint density at radius 1 is 1.12 bits per heavy atom. The van der Waals surface area contributed by atoms with Crippen LogP contribution in [0.3, 0.4) is 0 Å². The van der Waals surface area contributed by atoms with Gasteiger partial charge >= 0.3 is 0 Å². The molecule has 0 radical (unpaired) electrons. The number of carbonyl (C=O) groups is 2. The summed E-state index contributed by atoms with van der Waals surface area (Å²) in [7, 11) is 1.62. The van der Waals surface area contributed by atoms with Gasteiger partial charge in [0.15, 0.2) is 30.5 Å². The first-order chi connectivity index (χ1) is 12.3. The van der Waals surface area contributed by atoms with Gasteiger partial charge in [0.25, 0.3) is 11.8 Å². The number of nitrogens with one attached hydrogen (secondary N) is 3. The lowest BCUT2D eigenvalue weighted by molar-refractivity contribution is -0.862. The molecule has 0 saturated carbocycles. The molecule has 0 bridgehead atoms. The largest absolute Gasteiger partial charge is 0.344 e. The van der Waals surface area contributed by atoms with Gasteiger partial charge in [-0.05, 0) is 30.5 Å². The molecule has 0 aliphatic carbocycles. The molecule has 1 heterocycles. The maximum Gasteiger partial charge on any atom is 0.279 e. The van der Waals surface area contributed by atoms with Crippen molar-refractivity contribution in [3.05, 3.63) is 52.0 Å². The summed E-state index contributed by atoms with van der Waals surface area (Å²) in [5, 5.41) is 6.91. The lowest BCUT2D eigenvalue weighted by Gasteiger charge is -2.16. The summed E-state index contributed by atoms with van der Waals surface area (Å²) in [6.07, 6.45) is 0. The number of thiophene rings is 1. The van der Waals surface area contributed by atoms with Crippen LogP contribution in [-0.4, -0.2) is 32.0 Å². The van der Waals surface area contributed by atoms with Crippen molar-refractivity contribution < 1.29 is 27.7 Å². The van der Waals surface area contributed by atoms with Gasteiger partial charge in [-0.15, -0.1) is 11.3 Å². The number of rotatable bonds is 7. The first kappa shape index (κ1) is 19.9. The molecule has 2 rings (SSSR count). The van der Waals surface area contributed by atoms with Crippen LogP contribution in [0.25, 0.3) is 0 Å². The van der Waals surface area contributed by atoms with E-state index >= 15 is 0 Å². The van der Waals surface area contributed by atoms with Crippen LogP contribution in [0.4, 0.5) is 18.9 Å². The second kappa shape index (κ2) is 8.81. The third-order valence-corrected chi connectivity index (χ3v) is 4.64. The Kier molecular flexibility index (Phi) is 6.76. The fourth-order valence-electron chi connectivity index (χ4n) is 2.33. The summed E-state index contributed by atoms with van der Waals surface area (Å²) >= 11 is 1.53. The minimum absolute atomic E-state index is 0.0311. The summed E-state index contributed by atoms with van der Waals surface area (Å²) in [5.41, 5.74) is -0.447. The number of hydrogen-bond acceptors (Lipinski definition) is 3. The highest BCUT2D eigenvalue weighted by molar-refractivity contribution is 7.10. The fourth-order valence-corrected chi connectivity index (χ4v) is 3.06. The van der Waals surface area contributed by atoms with Gasteiger partial charge in [-0.3, -0.25) is 9.59 Å². The topological polar surface area (TPSA) is 62.6 Å². The normalized spacial score (nSPS) is 13.1. The zero-order chi connectivity index (χ0) is 19.3. The molecule has 2 amide bonds. The second-order valence-electron chi connectivity index (χ2n) is 5.89. The molecule has 140 valence electrons. The lowest BCUT2D eigenvalue weighted by atomic mass is 10.2. The number of carbonyl (C=O) groups excluding carboxylic acids is 2. The predicted octanol–water partition coefficient (Wildman–Crippen LogP) is 1.50. The molecule has 2 aromatic rings. The van der Waals surface area contributed by atoms with E-state index in [4.69, 9.17) is 0 Å². The number of halogens is 3. The molecule has 1 aromatic heterocycles. The van der Waals surface area contributed by atoms with Crippen molar-refractivity contribution in [3.8, 4) is 0 Å². The third kappa shape index (κ3) is 5.30. The Bertz CT molecular complexity index is 784. The van der Waals surface area contributed by atoms with Crippen molar-refractivity contribution in [2.24, 2.45) is 0 Å². The van der Waals surface area contributed by atoms with Crippen LogP contribution in [0.5, 0.6) is 0 Å². The van der Waals surface area contributed by atoms with E-state index in [1.807, 2.05) is 24.4 Å². The molecule has 1 aromatic carbocycles. The lowest BCUT2D eigenvalue weighted by Crippen LogP contribution is -3.11. The number of amides is 2. The molecule has 26 heavy (non-hydrogen) atoms. The summed E-state index contributed by atoms with van der Waals surface area (Å²) in [4.78, 5) is 25.5. The summed E-state index contributed by atoms with van der Waals surface area (Å²) in [6.45, 7) is 1.75. The molecule has 1 unspecified atom stereocenters. The number of hydrogen-bond donors (Lipinski definition) is 3. The Hall–Kier alpha value is -2.39. The van der Waals surface area contributed by atoms with E-state index in [0.717, 1.165) is 17.0 Å². The van der Waals surface area contributed by atoms with Gasteiger partial charge < -0.3 is 15.5 Å². The number of benzene rings is 1. The molecular formula is C17H19F3N3O2S+. The van der Waals surface area contributed by atoms with Crippen LogP contribution >= 0.6 is 11.3 Å².